The Bertz CT molecular complexity index is 577. The van der Waals surface area contributed by atoms with Crippen LogP contribution < -0.4 is 5.32 Å². The Balaban J connectivity index is 2.12. The zero-order chi connectivity index (χ0) is 13.8. The summed E-state index contributed by atoms with van der Waals surface area (Å²) >= 11 is 0. The van der Waals surface area contributed by atoms with Crippen molar-refractivity contribution in [1.29, 1.82) is 0 Å². The van der Waals surface area contributed by atoms with Gasteiger partial charge in [-0.15, -0.1) is 5.10 Å². The molecule has 0 aliphatic carbocycles. The minimum absolute atomic E-state index is 0.0176. The number of nitrogens with zero attached hydrogens (tertiary/aromatic N) is 5. The van der Waals surface area contributed by atoms with Crippen LogP contribution in [0.25, 0.3) is 5.69 Å². The molecule has 100 valence electrons. The molecule has 1 heterocycles. The summed E-state index contributed by atoms with van der Waals surface area (Å²) in [5, 5.41) is 14.4. The summed E-state index contributed by atoms with van der Waals surface area (Å²) in [6.07, 6.45) is 0. The van der Waals surface area contributed by atoms with Crippen molar-refractivity contribution in [1.82, 2.24) is 25.1 Å². The van der Waals surface area contributed by atoms with E-state index in [0.717, 1.165) is 11.4 Å². The molecular weight excluding hydrogens is 244 g/mol. The topological polar surface area (TPSA) is 75.9 Å². The van der Waals surface area contributed by atoms with E-state index in [1.807, 2.05) is 31.2 Å². The first kappa shape index (κ1) is 13.0. The van der Waals surface area contributed by atoms with Gasteiger partial charge in [-0.3, -0.25) is 4.79 Å². The maximum atomic E-state index is 11.5. The van der Waals surface area contributed by atoms with Gasteiger partial charge in [0.25, 0.3) is 0 Å². The van der Waals surface area contributed by atoms with Crippen molar-refractivity contribution >= 4 is 11.6 Å². The zero-order valence-corrected chi connectivity index (χ0v) is 11.2. The number of rotatable bonds is 4. The molecule has 1 aromatic carbocycles. The SMILES string of the molecule is Cc1nnnn1-c1cccc(NCC(=O)N(C)C)c1. The first-order valence-corrected chi connectivity index (χ1v) is 5.87. The molecule has 0 saturated heterocycles. The maximum absolute atomic E-state index is 11.5. The van der Waals surface area contributed by atoms with E-state index in [0.29, 0.717) is 5.82 Å². The molecule has 0 radical (unpaired) electrons. The number of aromatic nitrogens is 4. The van der Waals surface area contributed by atoms with Gasteiger partial charge in [0.1, 0.15) is 0 Å². The highest BCUT2D eigenvalue weighted by atomic mass is 16.2. The normalized spacial score (nSPS) is 10.3. The third-order valence-corrected chi connectivity index (χ3v) is 2.66. The Morgan fingerprint density at radius 3 is 2.84 bits per heavy atom. The smallest absolute Gasteiger partial charge is 0.241 e. The second-order valence-electron chi connectivity index (χ2n) is 4.33. The Kier molecular flexibility index (Phi) is 3.74. The quantitative estimate of drug-likeness (QED) is 0.865. The molecule has 2 rings (SSSR count). The van der Waals surface area contributed by atoms with Crippen LogP contribution in [0.3, 0.4) is 0 Å². The summed E-state index contributed by atoms with van der Waals surface area (Å²) in [5.41, 5.74) is 1.70. The lowest BCUT2D eigenvalue weighted by molar-refractivity contribution is -0.126. The Hall–Kier alpha value is -2.44. The summed E-state index contributed by atoms with van der Waals surface area (Å²) in [7, 11) is 3.45. The molecule has 19 heavy (non-hydrogen) atoms. The molecule has 7 heteroatoms. The highest BCUT2D eigenvalue weighted by Crippen LogP contribution is 2.14. The number of anilines is 1. The van der Waals surface area contributed by atoms with E-state index in [1.54, 1.807) is 23.7 Å². The molecule has 2 aromatic rings. The van der Waals surface area contributed by atoms with Crippen molar-refractivity contribution in [3.05, 3.63) is 30.1 Å². The Labute approximate surface area is 111 Å². The van der Waals surface area contributed by atoms with Gasteiger partial charge in [0, 0.05) is 19.8 Å². The van der Waals surface area contributed by atoms with Crippen LogP contribution in [0, 0.1) is 6.92 Å². The second-order valence-corrected chi connectivity index (χ2v) is 4.33. The van der Waals surface area contributed by atoms with Gasteiger partial charge in [-0.25, -0.2) is 0 Å². The molecular formula is C12H16N6O. The summed E-state index contributed by atoms with van der Waals surface area (Å²) in [4.78, 5) is 13.1. The van der Waals surface area contributed by atoms with Crippen LogP contribution in [-0.2, 0) is 4.79 Å². The van der Waals surface area contributed by atoms with Crippen molar-refractivity contribution in [2.45, 2.75) is 6.92 Å². The van der Waals surface area contributed by atoms with E-state index in [-0.39, 0.29) is 12.5 Å². The number of hydrogen-bond acceptors (Lipinski definition) is 5. The molecule has 0 atom stereocenters. The van der Waals surface area contributed by atoms with E-state index < -0.39 is 0 Å². The highest BCUT2D eigenvalue weighted by Gasteiger charge is 2.06. The van der Waals surface area contributed by atoms with Crippen LogP contribution in [-0.4, -0.2) is 51.7 Å². The Morgan fingerprint density at radius 1 is 1.42 bits per heavy atom. The lowest BCUT2D eigenvalue weighted by Gasteiger charge is -2.12. The van der Waals surface area contributed by atoms with Crippen LogP contribution in [0.15, 0.2) is 24.3 Å². The second kappa shape index (κ2) is 5.47. The summed E-state index contributed by atoms with van der Waals surface area (Å²) < 4.78 is 1.64. The lowest BCUT2D eigenvalue weighted by atomic mass is 10.2. The molecule has 1 N–H and O–H groups in total. The van der Waals surface area contributed by atoms with E-state index in [9.17, 15) is 4.79 Å². The first-order chi connectivity index (χ1) is 9.08. The van der Waals surface area contributed by atoms with Crippen LogP contribution in [0.2, 0.25) is 0 Å². The van der Waals surface area contributed by atoms with Crippen molar-refractivity contribution < 1.29 is 4.79 Å². The molecule has 1 amide bonds. The monoisotopic (exact) mass is 260 g/mol. The molecule has 7 nitrogen and oxygen atoms in total. The van der Waals surface area contributed by atoms with E-state index >= 15 is 0 Å². The lowest BCUT2D eigenvalue weighted by Crippen LogP contribution is -2.28. The highest BCUT2D eigenvalue weighted by molar-refractivity contribution is 5.80. The van der Waals surface area contributed by atoms with Crippen molar-refractivity contribution in [2.75, 3.05) is 26.0 Å². The van der Waals surface area contributed by atoms with E-state index in [1.165, 1.54) is 0 Å². The number of benzene rings is 1. The molecule has 0 spiro atoms. The predicted octanol–water partition coefficient (Wildman–Crippen LogP) is 0.471. The average Bonchev–Trinajstić information content (AvgIpc) is 2.82. The number of nitrogens with one attached hydrogen (secondary N) is 1. The van der Waals surface area contributed by atoms with Crippen molar-refractivity contribution in [3.8, 4) is 5.69 Å². The Morgan fingerprint density at radius 2 is 2.21 bits per heavy atom. The van der Waals surface area contributed by atoms with Gasteiger partial charge < -0.3 is 10.2 Å². The fourth-order valence-corrected chi connectivity index (χ4v) is 1.55. The number of likely N-dealkylation sites (N-methyl/N-ethyl adjacent to an activating group) is 1. The summed E-state index contributed by atoms with van der Waals surface area (Å²) in [6, 6.07) is 7.58. The number of hydrogen-bond donors (Lipinski definition) is 1. The van der Waals surface area contributed by atoms with Gasteiger partial charge in [0.2, 0.25) is 5.91 Å². The van der Waals surface area contributed by atoms with Gasteiger partial charge in [-0.05, 0) is 35.5 Å². The molecule has 0 aliphatic rings. The minimum Gasteiger partial charge on any atom is -0.376 e. The minimum atomic E-state index is 0.0176. The molecule has 0 bridgehead atoms. The van der Waals surface area contributed by atoms with Gasteiger partial charge in [-0.1, -0.05) is 6.07 Å². The van der Waals surface area contributed by atoms with Crippen molar-refractivity contribution in [3.63, 3.8) is 0 Å². The fourth-order valence-electron chi connectivity index (χ4n) is 1.55. The standard InChI is InChI=1S/C12H16N6O/c1-9-14-15-16-18(9)11-6-4-5-10(7-11)13-8-12(19)17(2)3/h4-7,13H,8H2,1-3H3. The van der Waals surface area contributed by atoms with Crippen LogP contribution in [0.5, 0.6) is 0 Å². The molecule has 1 aromatic heterocycles. The number of amides is 1. The number of tetrazole rings is 1. The van der Waals surface area contributed by atoms with Gasteiger partial charge in [0.05, 0.1) is 12.2 Å². The van der Waals surface area contributed by atoms with Crippen LogP contribution in [0.1, 0.15) is 5.82 Å². The maximum Gasteiger partial charge on any atom is 0.241 e. The van der Waals surface area contributed by atoms with Gasteiger partial charge >= 0.3 is 0 Å². The summed E-state index contributed by atoms with van der Waals surface area (Å²) in [5.74, 6) is 0.727. The summed E-state index contributed by atoms with van der Waals surface area (Å²) in [6.45, 7) is 2.08. The number of aryl methyl sites for hydroxylation is 1. The zero-order valence-electron chi connectivity index (χ0n) is 11.2. The van der Waals surface area contributed by atoms with Gasteiger partial charge in [-0.2, -0.15) is 4.68 Å². The molecule has 0 unspecified atom stereocenters. The number of carbonyl (C=O) groups is 1. The third-order valence-electron chi connectivity index (χ3n) is 2.66. The predicted molar refractivity (Wildman–Crippen MR) is 71.1 cm³/mol. The van der Waals surface area contributed by atoms with Crippen LogP contribution in [0.4, 0.5) is 5.69 Å². The van der Waals surface area contributed by atoms with E-state index in [2.05, 4.69) is 20.8 Å². The molecule has 0 aliphatic heterocycles. The molecule has 0 saturated carbocycles. The molecule has 0 fully saturated rings. The first-order valence-electron chi connectivity index (χ1n) is 5.87. The largest absolute Gasteiger partial charge is 0.376 e. The number of carbonyl (C=O) groups excluding carboxylic acids is 1. The van der Waals surface area contributed by atoms with Crippen molar-refractivity contribution in [2.24, 2.45) is 0 Å². The third kappa shape index (κ3) is 3.06. The van der Waals surface area contributed by atoms with Crippen LogP contribution >= 0.6 is 0 Å². The fraction of sp³-hybridized carbons (Fsp3) is 0.333. The van der Waals surface area contributed by atoms with Gasteiger partial charge in [0.15, 0.2) is 5.82 Å². The van der Waals surface area contributed by atoms with E-state index in [4.69, 9.17) is 0 Å². The average molecular weight is 260 g/mol.